The predicted octanol–water partition coefficient (Wildman–Crippen LogP) is 3.23. The van der Waals surface area contributed by atoms with E-state index in [4.69, 9.17) is 4.74 Å². The lowest BCUT2D eigenvalue weighted by molar-refractivity contribution is -0.0720. The number of hydrogen-bond acceptors (Lipinski definition) is 3. The van der Waals surface area contributed by atoms with Crippen molar-refractivity contribution in [3.8, 4) is 0 Å². The number of benzene rings is 1. The quantitative estimate of drug-likeness (QED) is 0.928. The van der Waals surface area contributed by atoms with Gasteiger partial charge in [0, 0.05) is 12.2 Å². The van der Waals surface area contributed by atoms with Gasteiger partial charge in [-0.1, -0.05) is 12.1 Å². The Morgan fingerprint density at radius 2 is 2.10 bits per heavy atom. The highest BCUT2D eigenvalue weighted by Crippen LogP contribution is 2.18. The number of nitrogens with one attached hydrogen (secondary N) is 1. The normalized spacial score (nSPS) is 17.6. The molecule has 0 radical (unpaired) electrons. The number of carbonyl (C=O) groups excluding carboxylic acids is 1. The Morgan fingerprint density at radius 3 is 2.71 bits per heavy atom. The van der Waals surface area contributed by atoms with Gasteiger partial charge in [0.25, 0.3) is 0 Å². The van der Waals surface area contributed by atoms with E-state index >= 15 is 0 Å². The highest BCUT2D eigenvalue weighted by atomic mass is 32.2. The van der Waals surface area contributed by atoms with Crippen LogP contribution in [0.4, 0.5) is 10.5 Å². The Bertz CT molecular complexity index is 474. The van der Waals surface area contributed by atoms with Gasteiger partial charge in [0.2, 0.25) is 0 Å². The molecule has 1 aromatic rings. The summed E-state index contributed by atoms with van der Waals surface area (Å²) >= 11 is 1.84. The predicted molar refractivity (Wildman–Crippen MR) is 89.2 cm³/mol. The highest BCUT2D eigenvalue weighted by Gasteiger charge is 2.29. The van der Waals surface area contributed by atoms with Crippen molar-refractivity contribution in [1.29, 1.82) is 0 Å². The van der Waals surface area contributed by atoms with Crippen molar-refractivity contribution in [1.82, 2.24) is 4.90 Å². The topological polar surface area (TPSA) is 41.6 Å². The van der Waals surface area contributed by atoms with Crippen LogP contribution in [0.1, 0.15) is 19.4 Å². The minimum absolute atomic E-state index is 0.0526. The van der Waals surface area contributed by atoms with Gasteiger partial charge in [0.1, 0.15) is 0 Å². The van der Waals surface area contributed by atoms with Crippen molar-refractivity contribution < 1.29 is 9.53 Å². The molecule has 116 valence electrons. The molecule has 1 saturated heterocycles. The number of carbonyl (C=O) groups is 1. The SMILES string of the molecule is CSCCc1ccc(NC(=O)N2CCOC(C)(C)C2)cc1. The van der Waals surface area contributed by atoms with Crippen LogP contribution in [0.2, 0.25) is 0 Å². The van der Waals surface area contributed by atoms with Crippen molar-refractivity contribution in [3.05, 3.63) is 29.8 Å². The van der Waals surface area contributed by atoms with Crippen LogP contribution in [-0.4, -0.2) is 48.2 Å². The van der Waals surface area contributed by atoms with Crippen molar-refractivity contribution in [2.24, 2.45) is 0 Å². The van der Waals surface area contributed by atoms with Crippen LogP contribution in [0.3, 0.4) is 0 Å². The van der Waals surface area contributed by atoms with Gasteiger partial charge in [-0.05, 0) is 50.0 Å². The molecule has 1 aliphatic heterocycles. The summed E-state index contributed by atoms with van der Waals surface area (Å²) in [5.41, 5.74) is 1.88. The molecular formula is C16H24N2O2S. The van der Waals surface area contributed by atoms with Gasteiger partial charge in [-0.2, -0.15) is 11.8 Å². The van der Waals surface area contributed by atoms with E-state index < -0.39 is 0 Å². The van der Waals surface area contributed by atoms with E-state index in [0.717, 1.165) is 17.9 Å². The number of hydrogen-bond donors (Lipinski definition) is 1. The maximum absolute atomic E-state index is 12.3. The number of anilines is 1. The van der Waals surface area contributed by atoms with E-state index in [2.05, 4.69) is 23.7 Å². The summed E-state index contributed by atoms with van der Waals surface area (Å²) in [7, 11) is 0. The zero-order valence-electron chi connectivity index (χ0n) is 13.0. The van der Waals surface area contributed by atoms with Crippen LogP contribution < -0.4 is 5.32 Å². The maximum atomic E-state index is 12.3. The van der Waals surface area contributed by atoms with Crippen LogP contribution in [0.15, 0.2) is 24.3 Å². The van der Waals surface area contributed by atoms with Gasteiger partial charge >= 0.3 is 6.03 Å². The van der Waals surface area contributed by atoms with Crippen molar-refractivity contribution in [3.63, 3.8) is 0 Å². The standard InChI is InChI=1S/C16H24N2O2S/c1-16(2)12-18(9-10-20-16)15(19)17-14-6-4-13(5-7-14)8-11-21-3/h4-7H,8-12H2,1-3H3,(H,17,19). The molecule has 5 heteroatoms. The molecule has 1 aliphatic rings. The van der Waals surface area contributed by atoms with Gasteiger partial charge in [-0.15, -0.1) is 0 Å². The van der Waals surface area contributed by atoms with Crippen LogP contribution in [-0.2, 0) is 11.2 Å². The number of thioether (sulfide) groups is 1. The minimum Gasteiger partial charge on any atom is -0.372 e. The summed E-state index contributed by atoms with van der Waals surface area (Å²) in [6.07, 6.45) is 3.17. The Morgan fingerprint density at radius 1 is 1.38 bits per heavy atom. The lowest BCUT2D eigenvalue weighted by atomic mass is 10.1. The number of amides is 2. The van der Waals surface area contributed by atoms with Gasteiger partial charge < -0.3 is 15.0 Å². The molecular weight excluding hydrogens is 284 g/mol. The van der Waals surface area contributed by atoms with Crippen molar-refractivity contribution >= 4 is 23.5 Å². The molecule has 0 unspecified atom stereocenters. The molecule has 2 amide bonds. The molecule has 0 bridgehead atoms. The monoisotopic (exact) mass is 308 g/mol. The molecule has 0 aromatic heterocycles. The van der Waals surface area contributed by atoms with E-state index in [9.17, 15) is 4.79 Å². The second-order valence-electron chi connectivity index (χ2n) is 5.90. The molecule has 1 fully saturated rings. The molecule has 2 rings (SSSR count). The smallest absolute Gasteiger partial charge is 0.322 e. The number of nitrogens with zero attached hydrogens (tertiary/aromatic N) is 1. The molecule has 0 aliphatic carbocycles. The molecule has 0 spiro atoms. The average molecular weight is 308 g/mol. The minimum atomic E-state index is -0.267. The molecule has 4 nitrogen and oxygen atoms in total. The number of rotatable bonds is 4. The Labute approximate surface area is 131 Å². The Kier molecular flexibility index (Phi) is 5.53. The summed E-state index contributed by atoms with van der Waals surface area (Å²) in [5.74, 6) is 1.12. The fourth-order valence-corrected chi connectivity index (χ4v) is 2.81. The average Bonchev–Trinajstić information content (AvgIpc) is 2.45. The first-order valence-electron chi connectivity index (χ1n) is 7.28. The molecule has 0 atom stereocenters. The fraction of sp³-hybridized carbons (Fsp3) is 0.562. The summed E-state index contributed by atoms with van der Waals surface area (Å²) in [4.78, 5) is 14.1. The molecule has 0 saturated carbocycles. The van der Waals surface area contributed by atoms with Gasteiger partial charge in [-0.25, -0.2) is 4.79 Å². The lowest BCUT2D eigenvalue weighted by Gasteiger charge is -2.38. The summed E-state index contributed by atoms with van der Waals surface area (Å²) in [6, 6.07) is 8.05. The summed E-state index contributed by atoms with van der Waals surface area (Å²) in [6.45, 7) is 5.86. The van der Waals surface area contributed by atoms with E-state index in [1.165, 1.54) is 5.56 Å². The van der Waals surface area contributed by atoms with Crippen molar-refractivity contribution in [2.45, 2.75) is 25.9 Å². The van der Waals surface area contributed by atoms with E-state index in [0.29, 0.717) is 19.7 Å². The third kappa shape index (κ3) is 4.93. The number of ether oxygens (including phenoxy) is 1. The third-order valence-corrected chi connectivity index (χ3v) is 4.13. The first-order chi connectivity index (χ1) is 10.00. The van der Waals surface area contributed by atoms with E-state index in [1.54, 1.807) is 0 Å². The Hall–Kier alpha value is -1.20. The number of aryl methyl sites for hydroxylation is 1. The third-order valence-electron chi connectivity index (χ3n) is 3.51. The number of morpholine rings is 1. The largest absolute Gasteiger partial charge is 0.372 e. The highest BCUT2D eigenvalue weighted by molar-refractivity contribution is 7.98. The first kappa shape index (κ1) is 16.2. The van der Waals surface area contributed by atoms with Crippen LogP contribution in [0, 0.1) is 0 Å². The molecule has 21 heavy (non-hydrogen) atoms. The van der Waals surface area contributed by atoms with Crippen molar-refractivity contribution in [2.75, 3.05) is 37.0 Å². The molecule has 1 heterocycles. The van der Waals surface area contributed by atoms with Gasteiger partial charge in [0.15, 0.2) is 0 Å². The summed E-state index contributed by atoms with van der Waals surface area (Å²) in [5, 5.41) is 2.96. The summed E-state index contributed by atoms with van der Waals surface area (Å²) < 4.78 is 5.63. The van der Waals surface area contributed by atoms with Crippen LogP contribution in [0.5, 0.6) is 0 Å². The van der Waals surface area contributed by atoms with Crippen LogP contribution >= 0.6 is 11.8 Å². The van der Waals surface area contributed by atoms with Crippen LogP contribution in [0.25, 0.3) is 0 Å². The first-order valence-corrected chi connectivity index (χ1v) is 8.67. The molecule has 1 N–H and O–H groups in total. The zero-order valence-corrected chi connectivity index (χ0v) is 13.8. The maximum Gasteiger partial charge on any atom is 0.322 e. The second-order valence-corrected chi connectivity index (χ2v) is 6.89. The fourth-order valence-electron chi connectivity index (χ4n) is 2.37. The molecule has 1 aromatic carbocycles. The zero-order chi connectivity index (χ0) is 15.3. The second kappa shape index (κ2) is 7.18. The van der Waals surface area contributed by atoms with E-state index in [-0.39, 0.29) is 11.6 Å². The van der Waals surface area contributed by atoms with E-state index in [1.807, 2.05) is 42.6 Å². The van der Waals surface area contributed by atoms with Gasteiger partial charge in [-0.3, -0.25) is 0 Å². The van der Waals surface area contributed by atoms with Gasteiger partial charge in [0.05, 0.1) is 18.8 Å². The number of urea groups is 1. The lowest BCUT2D eigenvalue weighted by Crippen LogP contribution is -2.51. The Balaban J connectivity index is 1.90.